The number of benzene rings is 1. The van der Waals surface area contributed by atoms with Gasteiger partial charge in [-0.15, -0.1) is 0 Å². The lowest BCUT2D eigenvalue weighted by Gasteiger charge is -2.24. The van der Waals surface area contributed by atoms with Crippen molar-refractivity contribution in [2.45, 2.75) is 45.2 Å². The van der Waals surface area contributed by atoms with Crippen LogP contribution in [-0.2, 0) is 19.4 Å². The van der Waals surface area contributed by atoms with Crippen LogP contribution in [0, 0.1) is 18.8 Å². The van der Waals surface area contributed by atoms with Crippen LogP contribution in [0.5, 0.6) is 0 Å². The van der Waals surface area contributed by atoms with E-state index in [0.717, 1.165) is 24.1 Å². The van der Waals surface area contributed by atoms with E-state index in [-0.39, 0.29) is 12.1 Å². The summed E-state index contributed by atoms with van der Waals surface area (Å²) in [6, 6.07) is 12.9. The highest BCUT2D eigenvalue weighted by Gasteiger charge is 2.39. The number of carbonyl (C=O) groups is 1. The maximum atomic E-state index is 12.4. The van der Waals surface area contributed by atoms with Crippen molar-refractivity contribution < 1.29 is 4.79 Å². The van der Waals surface area contributed by atoms with E-state index in [1.165, 1.54) is 24.0 Å². The highest BCUT2D eigenvalue weighted by atomic mass is 16.2. The van der Waals surface area contributed by atoms with Crippen LogP contribution >= 0.6 is 0 Å². The molecule has 1 fully saturated rings. The maximum absolute atomic E-state index is 12.4. The summed E-state index contributed by atoms with van der Waals surface area (Å²) in [5.74, 6) is 1.12. The lowest BCUT2D eigenvalue weighted by atomic mass is 9.94. The Hall–Kier alpha value is -2.36. The quantitative estimate of drug-likeness (QED) is 0.903. The van der Waals surface area contributed by atoms with E-state index in [0.29, 0.717) is 18.4 Å². The second kappa shape index (κ2) is 6.87. The van der Waals surface area contributed by atoms with E-state index in [2.05, 4.69) is 39.9 Å². The Balaban J connectivity index is 1.39. The van der Waals surface area contributed by atoms with Crippen LogP contribution in [0.3, 0.4) is 0 Å². The van der Waals surface area contributed by atoms with Crippen LogP contribution in [-0.4, -0.2) is 17.1 Å². The van der Waals surface area contributed by atoms with Gasteiger partial charge >= 0.3 is 6.03 Å². The number of pyridine rings is 1. The van der Waals surface area contributed by atoms with Crippen molar-refractivity contribution in [1.29, 1.82) is 0 Å². The first-order valence-corrected chi connectivity index (χ1v) is 9.22. The molecule has 2 aliphatic rings. The first-order valence-electron chi connectivity index (χ1n) is 9.22. The third-order valence-corrected chi connectivity index (χ3v) is 5.72. The Morgan fingerprint density at radius 2 is 1.80 bits per heavy atom. The largest absolute Gasteiger partial charge is 0.335 e. The van der Waals surface area contributed by atoms with E-state index in [1.54, 1.807) is 6.20 Å². The van der Waals surface area contributed by atoms with E-state index in [1.807, 2.05) is 19.1 Å². The van der Waals surface area contributed by atoms with Crippen molar-refractivity contribution in [2.24, 2.45) is 11.8 Å². The second-order valence-corrected chi connectivity index (χ2v) is 7.43. The van der Waals surface area contributed by atoms with Gasteiger partial charge in [0.2, 0.25) is 0 Å². The summed E-state index contributed by atoms with van der Waals surface area (Å²) in [6.45, 7) is 2.50. The molecule has 1 aromatic heterocycles. The summed E-state index contributed by atoms with van der Waals surface area (Å²) in [5.41, 5.74) is 4.99. The summed E-state index contributed by atoms with van der Waals surface area (Å²) in [4.78, 5) is 16.6. The summed E-state index contributed by atoms with van der Waals surface area (Å²) >= 11 is 0. The van der Waals surface area contributed by atoms with Crippen LogP contribution in [0.4, 0.5) is 4.79 Å². The number of hydrogen-bond acceptors (Lipinski definition) is 2. The molecule has 4 rings (SSSR count). The fraction of sp³-hybridized carbons (Fsp3) is 0.429. The summed E-state index contributed by atoms with van der Waals surface area (Å²) in [7, 11) is 0. The standard InChI is InChI=1S/C21H25N3O/c1-14-10-15(8-9-22-14)13-23-21(25)24-20-18-6-7-19(20)12-17-5-3-2-4-16(17)11-18/h2-5,8-10,18-20H,6-7,11-13H2,1H3,(H2,23,24,25). The number of fused-ring (bicyclic) bond motifs is 3. The minimum Gasteiger partial charge on any atom is -0.335 e. The van der Waals surface area contributed by atoms with Crippen LogP contribution < -0.4 is 10.6 Å². The molecule has 2 N–H and O–H groups in total. The van der Waals surface area contributed by atoms with Gasteiger partial charge in [-0.25, -0.2) is 4.79 Å². The molecule has 2 atom stereocenters. The predicted molar refractivity (Wildman–Crippen MR) is 98.2 cm³/mol. The zero-order chi connectivity index (χ0) is 17.2. The van der Waals surface area contributed by atoms with E-state index < -0.39 is 0 Å². The number of amides is 2. The molecule has 2 amide bonds. The van der Waals surface area contributed by atoms with Gasteiger partial charge < -0.3 is 10.6 Å². The van der Waals surface area contributed by atoms with Gasteiger partial charge in [-0.05, 0) is 73.3 Å². The van der Waals surface area contributed by atoms with Gasteiger partial charge in [0.1, 0.15) is 0 Å². The summed E-state index contributed by atoms with van der Waals surface area (Å²) in [6.07, 6.45) is 6.39. The zero-order valence-electron chi connectivity index (χ0n) is 14.7. The molecule has 4 heteroatoms. The number of aromatic nitrogens is 1. The molecule has 2 unspecified atom stereocenters. The van der Waals surface area contributed by atoms with E-state index >= 15 is 0 Å². The molecule has 0 spiro atoms. The molecule has 0 saturated heterocycles. The first-order chi connectivity index (χ1) is 12.2. The van der Waals surface area contributed by atoms with Crippen molar-refractivity contribution >= 4 is 6.03 Å². The van der Waals surface area contributed by atoms with Gasteiger partial charge in [0.25, 0.3) is 0 Å². The van der Waals surface area contributed by atoms with Gasteiger partial charge in [-0.2, -0.15) is 0 Å². The number of hydrogen-bond donors (Lipinski definition) is 2. The van der Waals surface area contributed by atoms with Gasteiger partial charge in [0.05, 0.1) is 0 Å². The Kier molecular flexibility index (Phi) is 4.43. The van der Waals surface area contributed by atoms with Crippen LogP contribution in [0.15, 0.2) is 42.6 Å². The van der Waals surface area contributed by atoms with Crippen molar-refractivity contribution in [1.82, 2.24) is 15.6 Å². The molecule has 2 aliphatic carbocycles. The van der Waals surface area contributed by atoms with Gasteiger partial charge in [0.15, 0.2) is 0 Å². The summed E-state index contributed by atoms with van der Waals surface area (Å²) < 4.78 is 0. The highest BCUT2D eigenvalue weighted by Crippen LogP contribution is 2.39. The van der Waals surface area contributed by atoms with Crippen molar-refractivity contribution in [2.75, 3.05) is 0 Å². The predicted octanol–water partition coefficient (Wildman–Crippen LogP) is 3.38. The Morgan fingerprint density at radius 1 is 1.12 bits per heavy atom. The smallest absolute Gasteiger partial charge is 0.315 e. The van der Waals surface area contributed by atoms with Gasteiger partial charge in [-0.3, -0.25) is 4.98 Å². The maximum Gasteiger partial charge on any atom is 0.315 e. The molecule has 1 saturated carbocycles. The topological polar surface area (TPSA) is 54.0 Å². The third kappa shape index (κ3) is 3.53. The van der Waals surface area contributed by atoms with Crippen LogP contribution in [0.25, 0.3) is 0 Å². The molecular formula is C21H25N3O. The number of aryl methyl sites for hydroxylation is 1. The fourth-order valence-corrected chi connectivity index (χ4v) is 4.49. The van der Waals surface area contributed by atoms with Gasteiger partial charge in [0, 0.05) is 24.5 Å². The van der Waals surface area contributed by atoms with Crippen molar-refractivity contribution in [3.05, 3.63) is 65.0 Å². The number of carbonyl (C=O) groups excluding carboxylic acids is 1. The third-order valence-electron chi connectivity index (χ3n) is 5.72. The average molecular weight is 335 g/mol. The normalized spacial score (nSPS) is 24.3. The number of urea groups is 1. The van der Waals surface area contributed by atoms with Crippen molar-refractivity contribution in [3.8, 4) is 0 Å². The minimum atomic E-state index is -0.0534. The van der Waals surface area contributed by atoms with Crippen LogP contribution in [0.2, 0.25) is 0 Å². The molecule has 2 bridgehead atoms. The summed E-state index contributed by atoms with van der Waals surface area (Å²) in [5, 5.41) is 6.28. The molecule has 0 aliphatic heterocycles. The average Bonchev–Trinajstić information content (AvgIpc) is 2.87. The molecule has 1 aromatic carbocycles. The molecule has 1 heterocycles. The minimum absolute atomic E-state index is 0.0534. The Bertz CT molecular complexity index is 740. The number of nitrogens with one attached hydrogen (secondary N) is 2. The molecule has 2 aromatic rings. The van der Waals surface area contributed by atoms with E-state index in [9.17, 15) is 4.79 Å². The van der Waals surface area contributed by atoms with Crippen LogP contribution in [0.1, 0.15) is 35.2 Å². The SMILES string of the molecule is Cc1cc(CNC(=O)NC2C3CCC2Cc2ccccc2C3)ccn1. The van der Waals surface area contributed by atoms with Crippen molar-refractivity contribution in [3.63, 3.8) is 0 Å². The molecule has 0 radical (unpaired) electrons. The molecular weight excluding hydrogens is 310 g/mol. The Morgan fingerprint density at radius 3 is 2.44 bits per heavy atom. The molecule has 130 valence electrons. The fourth-order valence-electron chi connectivity index (χ4n) is 4.49. The lowest BCUT2D eigenvalue weighted by molar-refractivity contribution is 0.228. The molecule has 25 heavy (non-hydrogen) atoms. The Labute approximate surface area is 149 Å². The van der Waals surface area contributed by atoms with E-state index in [4.69, 9.17) is 0 Å². The second-order valence-electron chi connectivity index (χ2n) is 7.43. The number of rotatable bonds is 3. The highest BCUT2D eigenvalue weighted by molar-refractivity contribution is 5.74. The monoisotopic (exact) mass is 335 g/mol. The lowest BCUT2D eigenvalue weighted by Crippen LogP contribution is -2.46. The zero-order valence-corrected chi connectivity index (χ0v) is 14.7. The number of nitrogens with zero attached hydrogens (tertiary/aromatic N) is 1. The molecule has 4 nitrogen and oxygen atoms in total. The van der Waals surface area contributed by atoms with Gasteiger partial charge in [-0.1, -0.05) is 24.3 Å². The first kappa shape index (κ1) is 16.1.